The van der Waals surface area contributed by atoms with Gasteiger partial charge >= 0.3 is 12.0 Å². The Hall–Kier alpha value is -2.72. The van der Waals surface area contributed by atoms with E-state index >= 15 is 0 Å². The van der Waals surface area contributed by atoms with E-state index in [1.807, 2.05) is 17.5 Å². The second-order valence-corrected chi connectivity index (χ2v) is 8.84. The number of fused-ring (bicyclic) bond motifs is 1. The number of carbonyl (C=O) groups excluding carboxylic acids is 4. The van der Waals surface area contributed by atoms with E-state index < -0.39 is 23.9 Å². The number of thiophene rings is 2. The molecule has 0 unspecified atom stereocenters. The van der Waals surface area contributed by atoms with Gasteiger partial charge in [0, 0.05) is 22.4 Å². The molecule has 2 aliphatic heterocycles. The number of urea groups is 1. The Labute approximate surface area is 181 Å². The molecule has 4 rings (SSSR count). The van der Waals surface area contributed by atoms with E-state index in [9.17, 15) is 19.2 Å². The summed E-state index contributed by atoms with van der Waals surface area (Å²) in [6.45, 7) is 2.08. The number of hydrogen-bond acceptors (Lipinski definition) is 7. The summed E-state index contributed by atoms with van der Waals surface area (Å²) in [5.41, 5.74) is 0.975. The molecule has 2 aromatic rings. The molecular formula is C20H21N3O5S2. The molecule has 2 fully saturated rings. The number of anilines is 1. The van der Waals surface area contributed by atoms with Crippen molar-refractivity contribution < 1.29 is 23.9 Å². The lowest BCUT2D eigenvalue weighted by Gasteiger charge is -2.26. The zero-order chi connectivity index (χ0) is 21.3. The van der Waals surface area contributed by atoms with Crippen molar-refractivity contribution in [2.45, 2.75) is 32.2 Å². The summed E-state index contributed by atoms with van der Waals surface area (Å²) in [6, 6.07) is 2.89. The van der Waals surface area contributed by atoms with Crippen LogP contribution in [0.4, 0.5) is 9.80 Å². The van der Waals surface area contributed by atoms with Gasteiger partial charge in [0.2, 0.25) is 5.91 Å². The fourth-order valence-electron chi connectivity index (χ4n) is 3.77. The molecule has 4 heterocycles. The summed E-state index contributed by atoms with van der Waals surface area (Å²) in [6.07, 6.45) is 2.38. The van der Waals surface area contributed by atoms with Crippen molar-refractivity contribution in [2.24, 2.45) is 0 Å². The van der Waals surface area contributed by atoms with Gasteiger partial charge in [-0.3, -0.25) is 14.5 Å². The van der Waals surface area contributed by atoms with E-state index in [0.29, 0.717) is 23.5 Å². The summed E-state index contributed by atoms with van der Waals surface area (Å²) >= 11 is 2.69. The van der Waals surface area contributed by atoms with Crippen LogP contribution in [0.2, 0.25) is 0 Å². The predicted octanol–water partition coefficient (Wildman–Crippen LogP) is 3.41. The average Bonchev–Trinajstić information content (AvgIpc) is 3.45. The summed E-state index contributed by atoms with van der Waals surface area (Å²) in [7, 11) is 0. The standard InChI is InChI=1S/C20H21N3O5S2/c1-2-28-19(26)16-12(14-7-5-9-29-14)11-30-17(16)21-15(24)10-23-18(25)13-6-3-4-8-22(13)20(23)27/h5,7,9,11,13H,2-4,6,8,10H2,1H3,(H,21,24)/t13-/m1/s1. The van der Waals surface area contributed by atoms with Crippen LogP contribution in [0.25, 0.3) is 10.4 Å². The number of nitrogens with zero attached hydrogens (tertiary/aromatic N) is 2. The van der Waals surface area contributed by atoms with Crippen molar-refractivity contribution in [3.8, 4) is 10.4 Å². The Bertz CT molecular complexity index is 961. The highest BCUT2D eigenvalue weighted by Crippen LogP contribution is 2.38. The summed E-state index contributed by atoms with van der Waals surface area (Å²) in [5, 5.41) is 6.74. The molecule has 158 valence electrons. The van der Waals surface area contributed by atoms with E-state index in [4.69, 9.17) is 4.74 Å². The van der Waals surface area contributed by atoms with Gasteiger partial charge in [0.15, 0.2) is 0 Å². The van der Waals surface area contributed by atoms with Crippen LogP contribution in [0.15, 0.2) is 22.9 Å². The average molecular weight is 448 g/mol. The maximum atomic E-state index is 12.7. The molecular weight excluding hydrogens is 426 g/mol. The van der Waals surface area contributed by atoms with Gasteiger partial charge in [0.25, 0.3) is 5.91 Å². The first-order chi connectivity index (χ1) is 14.5. The minimum absolute atomic E-state index is 0.208. The quantitative estimate of drug-likeness (QED) is 0.541. The fourth-order valence-corrected chi connectivity index (χ4v) is 5.56. The third-order valence-electron chi connectivity index (χ3n) is 5.14. The second-order valence-electron chi connectivity index (χ2n) is 7.01. The summed E-state index contributed by atoms with van der Waals surface area (Å²) in [5.74, 6) is -1.38. The Kier molecular flexibility index (Phi) is 5.87. The van der Waals surface area contributed by atoms with E-state index in [0.717, 1.165) is 22.6 Å². The number of esters is 1. The Balaban J connectivity index is 1.53. The molecule has 4 amide bonds. The van der Waals surface area contributed by atoms with E-state index in [-0.39, 0.29) is 24.6 Å². The van der Waals surface area contributed by atoms with Gasteiger partial charge in [0.05, 0.1) is 6.61 Å². The fraction of sp³-hybridized carbons (Fsp3) is 0.400. The van der Waals surface area contributed by atoms with Crippen LogP contribution in [0.3, 0.4) is 0 Å². The molecule has 1 N–H and O–H groups in total. The van der Waals surface area contributed by atoms with Crippen LogP contribution in [-0.2, 0) is 14.3 Å². The van der Waals surface area contributed by atoms with Crippen molar-refractivity contribution >= 4 is 51.5 Å². The molecule has 2 aromatic heterocycles. The van der Waals surface area contributed by atoms with Crippen molar-refractivity contribution in [1.82, 2.24) is 9.80 Å². The van der Waals surface area contributed by atoms with E-state index in [2.05, 4.69) is 5.32 Å². The first-order valence-corrected chi connectivity index (χ1v) is 11.5. The van der Waals surface area contributed by atoms with E-state index in [1.165, 1.54) is 22.7 Å². The minimum atomic E-state index is -0.526. The zero-order valence-corrected chi connectivity index (χ0v) is 18.0. The number of ether oxygens (including phenoxy) is 1. The minimum Gasteiger partial charge on any atom is -0.462 e. The highest BCUT2D eigenvalue weighted by atomic mass is 32.1. The molecule has 30 heavy (non-hydrogen) atoms. The van der Waals surface area contributed by atoms with Crippen molar-refractivity contribution in [2.75, 3.05) is 25.0 Å². The Morgan fingerprint density at radius 3 is 2.80 bits per heavy atom. The number of piperidine rings is 1. The van der Waals surface area contributed by atoms with Crippen LogP contribution < -0.4 is 5.32 Å². The highest BCUT2D eigenvalue weighted by molar-refractivity contribution is 7.17. The lowest BCUT2D eigenvalue weighted by molar-refractivity contribution is -0.131. The van der Waals surface area contributed by atoms with Crippen molar-refractivity contribution in [3.05, 3.63) is 28.5 Å². The summed E-state index contributed by atoms with van der Waals surface area (Å²) in [4.78, 5) is 53.8. The van der Waals surface area contributed by atoms with E-state index in [1.54, 1.807) is 17.2 Å². The summed E-state index contributed by atoms with van der Waals surface area (Å²) < 4.78 is 5.17. The van der Waals surface area contributed by atoms with Gasteiger partial charge in [-0.2, -0.15) is 0 Å². The number of imide groups is 1. The van der Waals surface area contributed by atoms with Gasteiger partial charge < -0.3 is 15.0 Å². The number of hydrogen-bond donors (Lipinski definition) is 1. The van der Waals surface area contributed by atoms with Crippen LogP contribution in [0, 0.1) is 0 Å². The number of nitrogens with one attached hydrogen (secondary N) is 1. The third kappa shape index (κ3) is 3.72. The smallest absolute Gasteiger partial charge is 0.341 e. The van der Waals surface area contributed by atoms with Gasteiger partial charge in [-0.15, -0.1) is 22.7 Å². The second kappa shape index (κ2) is 8.57. The molecule has 0 saturated carbocycles. The first kappa shape index (κ1) is 20.5. The lowest BCUT2D eigenvalue weighted by Crippen LogP contribution is -2.39. The zero-order valence-electron chi connectivity index (χ0n) is 16.4. The Morgan fingerprint density at radius 2 is 2.10 bits per heavy atom. The molecule has 0 bridgehead atoms. The molecule has 2 aliphatic rings. The molecule has 0 aliphatic carbocycles. The molecule has 0 radical (unpaired) electrons. The maximum Gasteiger partial charge on any atom is 0.341 e. The van der Waals surface area contributed by atoms with Crippen molar-refractivity contribution in [3.63, 3.8) is 0 Å². The number of amides is 4. The Morgan fingerprint density at radius 1 is 1.27 bits per heavy atom. The lowest BCUT2D eigenvalue weighted by atomic mass is 10.0. The first-order valence-electron chi connectivity index (χ1n) is 9.75. The topological polar surface area (TPSA) is 96.0 Å². The predicted molar refractivity (Wildman–Crippen MR) is 114 cm³/mol. The van der Waals surface area contributed by atoms with Crippen LogP contribution in [0.5, 0.6) is 0 Å². The van der Waals surface area contributed by atoms with Gasteiger partial charge in [-0.1, -0.05) is 6.07 Å². The van der Waals surface area contributed by atoms with Crippen molar-refractivity contribution in [1.29, 1.82) is 0 Å². The van der Waals surface area contributed by atoms with Crippen LogP contribution in [0.1, 0.15) is 36.5 Å². The van der Waals surface area contributed by atoms with Gasteiger partial charge in [-0.05, 0) is 37.6 Å². The number of carbonyl (C=O) groups is 4. The van der Waals surface area contributed by atoms with Crippen LogP contribution in [-0.4, -0.2) is 59.4 Å². The third-order valence-corrected chi connectivity index (χ3v) is 6.94. The number of rotatable bonds is 6. The normalized spacial score (nSPS) is 18.5. The highest BCUT2D eigenvalue weighted by Gasteiger charge is 2.46. The molecule has 0 aromatic carbocycles. The monoisotopic (exact) mass is 447 g/mol. The molecule has 1 atom stereocenters. The van der Waals surface area contributed by atoms with Gasteiger partial charge in [0.1, 0.15) is 23.2 Å². The SMILES string of the molecule is CCOC(=O)c1c(-c2cccs2)csc1NC(=O)CN1C(=O)[C@H]2CCCCN2C1=O. The molecule has 0 spiro atoms. The van der Waals surface area contributed by atoms with Crippen LogP contribution >= 0.6 is 22.7 Å². The molecule has 2 saturated heterocycles. The van der Waals surface area contributed by atoms with Gasteiger partial charge in [-0.25, -0.2) is 9.59 Å². The molecule has 10 heteroatoms. The largest absolute Gasteiger partial charge is 0.462 e. The maximum absolute atomic E-state index is 12.7. The molecule has 8 nitrogen and oxygen atoms in total.